The molecule has 28 heavy (non-hydrogen) atoms. The summed E-state index contributed by atoms with van der Waals surface area (Å²) in [4.78, 5) is 0. The minimum Gasteiger partial charge on any atom is -0.0780 e. The second-order valence-corrected chi connectivity index (χ2v) is 10.6. The van der Waals surface area contributed by atoms with Gasteiger partial charge < -0.3 is 0 Å². The highest BCUT2D eigenvalue weighted by Gasteiger charge is 2.20. The van der Waals surface area contributed by atoms with E-state index in [0.717, 1.165) is 0 Å². The van der Waals surface area contributed by atoms with Crippen molar-refractivity contribution in [2.75, 3.05) is 0 Å². The van der Waals surface area contributed by atoms with Crippen LogP contribution in [0.25, 0.3) is 5.57 Å². The van der Waals surface area contributed by atoms with E-state index in [1.165, 1.54) is 59.9 Å². The molecule has 0 N–H and O–H groups in total. The number of hydrogen-bond donors (Lipinski definition) is 0. The van der Waals surface area contributed by atoms with Crippen molar-refractivity contribution in [1.29, 1.82) is 0 Å². The van der Waals surface area contributed by atoms with Gasteiger partial charge in [0.25, 0.3) is 0 Å². The molecular formula is C27H36Si. The van der Waals surface area contributed by atoms with Gasteiger partial charge in [0.2, 0.25) is 0 Å². The smallest absolute Gasteiger partial charge is 0.0780 e. The normalized spacial score (nSPS) is 14.4. The molecule has 0 bridgehead atoms. The molecule has 0 fully saturated rings. The van der Waals surface area contributed by atoms with Crippen molar-refractivity contribution >= 4 is 20.3 Å². The Labute approximate surface area is 174 Å². The predicted octanol–water partition coefficient (Wildman–Crippen LogP) is 6.34. The fourth-order valence-corrected chi connectivity index (χ4v) is 6.87. The van der Waals surface area contributed by atoms with Crippen LogP contribution in [-0.4, -0.2) is 9.52 Å². The first-order valence-corrected chi connectivity index (χ1v) is 12.4. The van der Waals surface area contributed by atoms with Gasteiger partial charge in [0.15, 0.2) is 0 Å². The summed E-state index contributed by atoms with van der Waals surface area (Å²) < 4.78 is 0. The van der Waals surface area contributed by atoms with Crippen LogP contribution in [0.3, 0.4) is 0 Å². The van der Waals surface area contributed by atoms with Crippen LogP contribution in [0.5, 0.6) is 0 Å². The van der Waals surface area contributed by atoms with E-state index >= 15 is 0 Å². The van der Waals surface area contributed by atoms with E-state index in [4.69, 9.17) is 0 Å². The highest BCUT2D eigenvalue weighted by atomic mass is 28.2. The molecule has 0 amide bonds. The topological polar surface area (TPSA) is 0 Å². The van der Waals surface area contributed by atoms with E-state index < -0.39 is 9.52 Å². The molecular weight excluding hydrogens is 352 g/mol. The second-order valence-electron chi connectivity index (χ2n) is 8.60. The average molecular weight is 389 g/mol. The van der Waals surface area contributed by atoms with Crippen LogP contribution < -0.4 is 5.19 Å². The van der Waals surface area contributed by atoms with Gasteiger partial charge in [0.1, 0.15) is 0 Å². The summed E-state index contributed by atoms with van der Waals surface area (Å²) in [5, 5.41) is 3.41. The standard InChI is InChI=1S/C27H36Si/c1-7-8-10-15-24-16-25(17-26(24)23-13-11-9-12-14-23)28-27-21(5)19(3)18(2)20(4)22(27)6/h9,11-14,17H,7-8,10,15-16,28H2,1-6H3. The molecule has 0 nitrogen and oxygen atoms in total. The number of allylic oxidation sites excluding steroid dienone is 4. The molecule has 3 rings (SSSR count). The van der Waals surface area contributed by atoms with E-state index in [2.05, 4.69) is 78.0 Å². The lowest BCUT2D eigenvalue weighted by atomic mass is 9.95. The highest BCUT2D eigenvalue weighted by molar-refractivity contribution is 6.62. The van der Waals surface area contributed by atoms with Gasteiger partial charge in [-0.1, -0.05) is 72.1 Å². The molecule has 0 radical (unpaired) electrons. The maximum atomic E-state index is 2.56. The zero-order valence-corrected chi connectivity index (χ0v) is 20.1. The quantitative estimate of drug-likeness (QED) is 0.383. The summed E-state index contributed by atoms with van der Waals surface area (Å²) in [5.74, 6) is 0. The van der Waals surface area contributed by atoms with Gasteiger partial charge in [-0.15, -0.1) is 0 Å². The molecule has 1 aliphatic rings. The summed E-state index contributed by atoms with van der Waals surface area (Å²) in [7, 11) is -0.429. The van der Waals surface area contributed by atoms with Crippen molar-refractivity contribution < 1.29 is 0 Å². The van der Waals surface area contributed by atoms with Crippen LogP contribution >= 0.6 is 0 Å². The van der Waals surface area contributed by atoms with Crippen molar-refractivity contribution in [3.8, 4) is 0 Å². The number of rotatable bonds is 7. The summed E-state index contributed by atoms with van der Waals surface area (Å²) in [6.07, 6.45) is 9.00. The maximum Gasteiger partial charge on any atom is 0.0835 e. The van der Waals surface area contributed by atoms with Crippen molar-refractivity contribution in [2.24, 2.45) is 0 Å². The van der Waals surface area contributed by atoms with Gasteiger partial charge in [0.05, 0.1) is 9.52 Å². The fourth-order valence-electron chi connectivity index (χ4n) is 4.63. The van der Waals surface area contributed by atoms with Crippen molar-refractivity contribution in [3.63, 3.8) is 0 Å². The molecule has 0 saturated carbocycles. The molecule has 2 aromatic rings. The molecule has 0 heterocycles. The van der Waals surface area contributed by atoms with Crippen LogP contribution in [0, 0.1) is 34.6 Å². The van der Waals surface area contributed by atoms with Gasteiger partial charge in [0, 0.05) is 0 Å². The molecule has 0 saturated heterocycles. The first-order chi connectivity index (χ1) is 13.4. The maximum absolute atomic E-state index is 2.56. The van der Waals surface area contributed by atoms with Crippen LogP contribution in [-0.2, 0) is 0 Å². The van der Waals surface area contributed by atoms with E-state index in [0.29, 0.717) is 0 Å². The molecule has 1 aliphatic carbocycles. The van der Waals surface area contributed by atoms with E-state index in [9.17, 15) is 0 Å². The fraction of sp³-hybridized carbons (Fsp3) is 0.407. The third kappa shape index (κ3) is 4.25. The van der Waals surface area contributed by atoms with Gasteiger partial charge in [-0.05, 0) is 92.8 Å². The Morgan fingerprint density at radius 3 is 2.00 bits per heavy atom. The second kappa shape index (κ2) is 9.09. The molecule has 2 aromatic carbocycles. The van der Waals surface area contributed by atoms with Crippen LogP contribution in [0.2, 0.25) is 0 Å². The van der Waals surface area contributed by atoms with E-state index in [-0.39, 0.29) is 0 Å². The van der Waals surface area contributed by atoms with Crippen LogP contribution in [0.15, 0.2) is 47.2 Å². The Balaban J connectivity index is 1.91. The van der Waals surface area contributed by atoms with Gasteiger partial charge in [-0.2, -0.15) is 0 Å². The van der Waals surface area contributed by atoms with Crippen molar-refractivity contribution in [3.05, 3.63) is 80.6 Å². The highest BCUT2D eigenvalue weighted by Crippen LogP contribution is 2.35. The van der Waals surface area contributed by atoms with Gasteiger partial charge >= 0.3 is 0 Å². The third-order valence-corrected chi connectivity index (χ3v) is 9.22. The number of benzene rings is 2. The van der Waals surface area contributed by atoms with E-state index in [1.54, 1.807) is 27.1 Å². The summed E-state index contributed by atoms with van der Waals surface area (Å²) in [6.45, 7) is 13.9. The Kier molecular flexibility index (Phi) is 6.77. The monoisotopic (exact) mass is 388 g/mol. The third-order valence-electron chi connectivity index (χ3n) is 6.90. The largest absolute Gasteiger partial charge is 0.0835 e. The Hall–Kier alpha value is -1.86. The van der Waals surface area contributed by atoms with Gasteiger partial charge in [-0.3, -0.25) is 0 Å². The van der Waals surface area contributed by atoms with Gasteiger partial charge in [-0.25, -0.2) is 0 Å². The van der Waals surface area contributed by atoms with Crippen molar-refractivity contribution in [2.45, 2.75) is 73.6 Å². The molecule has 0 aliphatic heterocycles. The Morgan fingerprint density at radius 1 is 0.786 bits per heavy atom. The van der Waals surface area contributed by atoms with E-state index in [1.807, 2.05) is 0 Å². The summed E-state index contributed by atoms with van der Waals surface area (Å²) in [5.41, 5.74) is 12.2. The average Bonchev–Trinajstić information content (AvgIpc) is 3.12. The molecule has 0 atom stereocenters. The minimum absolute atomic E-state index is 0.429. The SMILES string of the molecule is CCCCCC1=C(c2ccccc2)C=C([SiH2]c2c(C)c(C)c(C)c(C)c2C)C1. The molecule has 1 heteroatoms. The molecule has 148 valence electrons. The van der Waals surface area contributed by atoms with Crippen LogP contribution in [0.4, 0.5) is 0 Å². The lowest BCUT2D eigenvalue weighted by Gasteiger charge is -2.19. The summed E-state index contributed by atoms with van der Waals surface area (Å²) >= 11 is 0. The molecule has 0 spiro atoms. The zero-order valence-electron chi connectivity index (χ0n) is 18.7. The lowest BCUT2D eigenvalue weighted by molar-refractivity contribution is 0.709. The molecule has 0 aromatic heterocycles. The Morgan fingerprint density at radius 2 is 1.39 bits per heavy atom. The first kappa shape index (κ1) is 20.9. The van der Waals surface area contributed by atoms with Crippen molar-refractivity contribution in [1.82, 2.24) is 0 Å². The summed E-state index contributed by atoms with van der Waals surface area (Å²) in [6, 6.07) is 11.0. The Bertz CT molecular complexity index is 884. The molecule has 0 unspecified atom stereocenters. The first-order valence-electron chi connectivity index (χ1n) is 11.0. The van der Waals surface area contributed by atoms with Crippen LogP contribution in [0.1, 0.15) is 72.4 Å². The lowest BCUT2D eigenvalue weighted by Crippen LogP contribution is -2.25. The predicted molar refractivity (Wildman–Crippen MR) is 129 cm³/mol. The number of unbranched alkanes of at least 4 members (excludes halogenated alkanes) is 2. The number of hydrogen-bond acceptors (Lipinski definition) is 0. The zero-order chi connectivity index (χ0) is 20.3. The minimum atomic E-state index is -0.429.